The van der Waals surface area contributed by atoms with Gasteiger partial charge in [0.15, 0.2) is 0 Å². The van der Waals surface area contributed by atoms with Crippen molar-refractivity contribution in [2.24, 2.45) is 5.73 Å². The van der Waals surface area contributed by atoms with Crippen LogP contribution in [0.4, 0.5) is 13.2 Å². The molecule has 0 aliphatic heterocycles. The second kappa shape index (κ2) is 5.87. The highest BCUT2D eigenvalue weighted by molar-refractivity contribution is 14.1. The molecule has 7 heteroatoms. The van der Waals surface area contributed by atoms with Crippen molar-refractivity contribution in [1.29, 1.82) is 0 Å². The quantitative estimate of drug-likeness (QED) is 0.652. The van der Waals surface area contributed by atoms with Crippen molar-refractivity contribution in [2.75, 3.05) is 6.61 Å². The zero-order valence-corrected chi connectivity index (χ0v) is 11.6. The second-order valence-electron chi connectivity index (χ2n) is 3.49. The first kappa shape index (κ1) is 15.2. The maximum Gasteiger partial charge on any atom is 0.379 e. The van der Waals surface area contributed by atoms with Gasteiger partial charge in [-0.3, -0.25) is 0 Å². The van der Waals surface area contributed by atoms with Gasteiger partial charge in [0.05, 0.1) is 6.61 Å². The van der Waals surface area contributed by atoms with E-state index in [2.05, 4.69) is 4.74 Å². The van der Waals surface area contributed by atoms with Crippen LogP contribution in [0.2, 0.25) is 0 Å². The predicted molar refractivity (Wildman–Crippen MR) is 67.6 cm³/mol. The minimum atomic E-state index is -3.97. The average molecular weight is 373 g/mol. The molecule has 0 saturated carbocycles. The Morgan fingerprint density at radius 1 is 1.56 bits per heavy atom. The first-order valence-corrected chi connectivity index (χ1v) is 6.14. The summed E-state index contributed by atoms with van der Waals surface area (Å²) in [4.78, 5) is 11.1. The molecule has 0 spiro atoms. The molecule has 0 radical (unpaired) electrons. The molecule has 0 fully saturated rings. The predicted octanol–water partition coefficient (Wildman–Crippen LogP) is 2.63. The molecule has 2 N–H and O–H groups in total. The van der Waals surface area contributed by atoms with Gasteiger partial charge in [-0.1, -0.05) is 0 Å². The fraction of sp³-hybridized carbons (Fsp3) is 0.364. The van der Waals surface area contributed by atoms with Gasteiger partial charge in [-0.25, -0.2) is 9.18 Å². The van der Waals surface area contributed by atoms with E-state index in [0.717, 1.165) is 6.07 Å². The van der Waals surface area contributed by atoms with E-state index in [-0.39, 0.29) is 6.61 Å². The second-order valence-corrected chi connectivity index (χ2v) is 4.73. The number of hydrogen-bond acceptors (Lipinski definition) is 3. The first-order chi connectivity index (χ1) is 8.30. The zero-order chi connectivity index (χ0) is 13.9. The highest BCUT2D eigenvalue weighted by Gasteiger charge is 2.48. The lowest BCUT2D eigenvalue weighted by atomic mass is 10.0. The summed E-state index contributed by atoms with van der Waals surface area (Å²) in [6.45, 7) is 1.20. The van der Waals surface area contributed by atoms with Crippen molar-refractivity contribution in [2.45, 2.75) is 18.9 Å². The van der Waals surface area contributed by atoms with Crippen molar-refractivity contribution < 1.29 is 22.7 Å². The number of rotatable bonds is 4. The van der Waals surface area contributed by atoms with Gasteiger partial charge in [0.2, 0.25) is 0 Å². The zero-order valence-electron chi connectivity index (χ0n) is 9.42. The van der Waals surface area contributed by atoms with Crippen molar-refractivity contribution in [3.8, 4) is 0 Å². The van der Waals surface area contributed by atoms with Gasteiger partial charge in [-0.05, 0) is 47.7 Å². The number of halogens is 4. The Morgan fingerprint density at radius 2 is 2.17 bits per heavy atom. The SMILES string of the molecule is CCOC(=O)C(F)(F)[C@@H](N)c1cc(I)ccc1F. The maximum atomic E-state index is 13.6. The van der Waals surface area contributed by atoms with E-state index in [0.29, 0.717) is 3.57 Å². The number of carbonyl (C=O) groups is 1. The van der Waals surface area contributed by atoms with Crippen LogP contribution in [0.15, 0.2) is 18.2 Å². The minimum Gasteiger partial charge on any atom is -0.462 e. The van der Waals surface area contributed by atoms with Gasteiger partial charge in [-0.15, -0.1) is 0 Å². The molecular formula is C11H11F3INO2. The summed E-state index contributed by atoms with van der Waals surface area (Å²) in [6.07, 6.45) is 0. The Kier molecular flexibility index (Phi) is 4.97. The summed E-state index contributed by atoms with van der Waals surface area (Å²) in [5.74, 6) is -6.61. The van der Waals surface area contributed by atoms with E-state index in [9.17, 15) is 18.0 Å². The Labute approximate surface area is 116 Å². The van der Waals surface area contributed by atoms with E-state index < -0.39 is 29.3 Å². The van der Waals surface area contributed by atoms with Gasteiger partial charge >= 0.3 is 11.9 Å². The molecule has 1 rings (SSSR count). The monoisotopic (exact) mass is 373 g/mol. The van der Waals surface area contributed by atoms with Crippen LogP contribution in [0.1, 0.15) is 18.5 Å². The Morgan fingerprint density at radius 3 is 2.72 bits per heavy atom. The summed E-state index contributed by atoms with van der Waals surface area (Å²) in [7, 11) is 0. The third kappa shape index (κ3) is 3.14. The molecule has 0 aromatic heterocycles. The summed E-state index contributed by atoms with van der Waals surface area (Å²) in [5, 5.41) is 0. The molecule has 100 valence electrons. The van der Waals surface area contributed by atoms with Crippen LogP contribution in [0.3, 0.4) is 0 Å². The maximum absolute atomic E-state index is 13.6. The topological polar surface area (TPSA) is 52.3 Å². The molecule has 0 aliphatic rings. The smallest absolute Gasteiger partial charge is 0.379 e. The van der Waals surface area contributed by atoms with Crippen LogP contribution in [-0.4, -0.2) is 18.5 Å². The summed E-state index contributed by atoms with van der Waals surface area (Å²) in [5.41, 5.74) is 4.86. The molecule has 0 heterocycles. The molecule has 18 heavy (non-hydrogen) atoms. The van der Waals surface area contributed by atoms with Crippen LogP contribution in [-0.2, 0) is 9.53 Å². The Hall–Kier alpha value is -0.830. The molecule has 0 saturated heterocycles. The molecular weight excluding hydrogens is 362 g/mol. The molecule has 1 aromatic rings. The third-order valence-corrected chi connectivity index (χ3v) is 2.90. The summed E-state index contributed by atoms with van der Waals surface area (Å²) in [6, 6.07) is 1.53. The minimum absolute atomic E-state index is 0.198. The lowest BCUT2D eigenvalue weighted by Gasteiger charge is -2.22. The molecule has 0 aliphatic carbocycles. The Balaban J connectivity index is 3.08. The van der Waals surface area contributed by atoms with Crippen LogP contribution < -0.4 is 5.73 Å². The van der Waals surface area contributed by atoms with Gasteiger partial charge in [0, 0.05) is 9.13 Å². The summed E-state index contributed by atoms with van der Waals surface area (Å²) >= 11 is 1.83. The number of hydrogen-bond donors (Lipinski definition) is 1. The van der Waals surface area contributed by atoms with Crippen molar-refractivity contribution >= 4 is 28.6 Å². The van der Waals surface area contributed by atoms with Gasteiger partial charge in [-0.2, -0.15) is 8.78 Å². The number of esters is 1. The molecule has 0 amide bonds. The first-order valence-electron chi connectivity index (χ1n) is 5.06. The molecule has 3 nitrogen and oxygen atoms in total. The fourth-order valence-electron chi connectivity index (χ4n) is 1.30. The number of benzene rings is 1. The fourth-order valence-corrected chi connectivity index (χ4v) is 1.82. The van der Waals surface area contributed by atoms with Crippen LogP contribution >= 0.6 is 22.6 Å². The highest BCUT2D eigenvalue weighted by Crippen LogP contribution is 2.32. The van der Waals surface area contributed by atoms with E-state index in [1.54, 1.807) is 0 Å². The standard InChI is InChI=1S/C11H11F3INO2/c1-2-18-10(17)11(13,14)9(16)7-5-6(15)3-4-8(7)12/h3-5,9H,2,16H2,1H3/t9-/m0/s1. The third-order valence-electron chi connectivity index (χ3n) is 2.23. The van der Waals surface area contributed by atoms with Gasteiger partial charge < -0.3 is 10.5 Å². The number of nitrogens with two attached hydrogens (primary N) is 1. The van der Waals surface area contributed by atoms with E-state index >= 15 is 0 Å². The number of alkyl halides is 2. The Bertz CT molecular complexity index is 454. The lowest BCUT2D eigenvalue weighted by Crippen LogP contribution is -2.42. The van der Waals surface area contributed by atoms with E-state index in [4.69, 9.17) is 5.73 Å². The van der Waals surface area contributed by atoms with Gasteiger partial charge in [0.25, 0.3) is 0 Å². The number of ether oxygens (including phenoxy) is 1. The lowest BCUT2D eigenvalue weighted by molar-refractivity contribution is -0.174. The highest BCUT2D eigenvalue weighted by atomic mass is 127. The van der Waals surface area contributed by atoms with Gasteiger partial charge in [0.1, 0.15) is 11.9 Å². The molecule has 1 atom stereocenters. The van der Waals surface area contributed by atoms with E-state index in [1.807, 2.05) is 22.6 Å². The molecule has 0 unspecified atom stereocenters. The normalized spacial score (nSPS) is 13.2. The average Bonchev–Trinajstić information content (AvgIpc) is 2.31. The van der Waals surface area contributed by atoms with Crippen LogP contribution in [0.5, 0.6) is 0 Å². The van der Waals surface area contributed by atoms with Crippen LogP contribution in [0, 0.1) is 9.39 Å². The van der Waals surface area contributed by atoms with E-state index in [1.165, 1.54) is 19.1 Å². The van der Waals surface area contributed by atoms with Crippen molar-refractivity contribution in [3.05, 3.63) is 33.1 Å². The van der Waals surface area contributed by atoms with Crippen molar-refractivity contribution in [1.82, 2.24) is 0 Å². The molecule has 0 bridgehead atoms. The van der Waals surface area contributed by atoms with Crippen molar-refractivity contribution in [3.63, 3.8) is 0 Å². The van der Waals surface area contributed by atoms with Crippen LogP contribution in [0.25, 0.3) is 0 Å². The summed E-state index contributed by atoms with van der Waals surface area (Å²) < 4.78 is 45.5. The number of carbonyl (C=O) groups excluding carboxylic acids is 1. The largest absolute Gasteiger partial charge is 0.462 e. The molecule has 1 aromatic carbocycles.